The van der Waals surface area contributed by atoms with Gasteiger partial charge in [0.15, 0.2) is 0 Å². The molecule has 0 aliphatic heterocycles. The van der Waals surface area contributed by atoms with Gasteiger partial charge in [0.05, 0.1) is 5.71 Å². The summed E-state index contributed by atoms with van der Waals surface area (Å²) in [6.07, 6.45) is 5.66. The summed E-state index contributed by atoms with van der Waals surface area (Å²) < 4.78 is 0. The molecule has 8 N–H and O–H groups in total. The average Bonchev–Trinajstić information content (AvgIpc) is 2.58. The van der Waals surface area contributed by atoms with Crippen LogP contribution in [-0.2, 0) is 6.54 Å². The van der Waals surface area contributed by atoms with E-state index in [9.17, 15) is 0 Å². The first-order valence-electron chi connectivity index (χ1n) is 8.31. The van der Waals surface area contributed by atoms with Gasteiger partial charge in [-0.1, -0.05) is 30.3 Å². The van der Waals surface area contributed by atoms with Crippen molar-refractivity contribution in [1.82, 2.24) is 0 Å². The minimum atomic E-state index is 0.0295. The summed E-state index contributed by atoms with van der Waals surface area (Å²) in [7, 11) is 0. The van der Waals surface area contributed by atoms with Gasteiger partial charge in [0, 0.05) is 24.5 Å². The Labute approximate surface area is 138 Å². The summed E-state index contributed by atoms with van der Waals surface area (Å²) in [5.74, 6) is 6.28. The van der Waals surface area contributed by atoms with Gasteiger partial charge in [-0.3, -0.25) is 0 Å². The lowest BCUT2D eigenvalue weighted by atomic mass is 9.75. The van der Waals surface area contributed by atoms with Crippen LogP contribution >= 0.6 is 0 Å². The van der Waals surface area contributed by atoms with Crippen LogP contribution in [-0.4, -0.2) is 17.8 Å². The van der Waals surface area contributed by atoms with E-state index in [-0.39, 0.29) is 18.0 Å². The Kier molecular flexibility index (Phi) is 6.33. The second kappa shape index (κ2) is 8.24. The van der Waals surface area contributed by atoms with Gasteiger partial charge in [-0.2, -0.15) is 5.10 Å². The lowest BCUT2D eigenvalue weighted by Gasteiger charge is -2.32. The molecule has 0 aromatic heterocycles. The number of hydrogen-bond donors (Lipinski definition) is 4. The zero-order valence-electron chi connectivity index (χ0n) is 13.7. The molecule has 2 rings (SSSR count). The molecular formula is C18H29N5. The third-order valence-corrected chi connectivity index (χ3v) is 4.99. The van der Waals surface area contributed by atoms with Crippen LogP contribution in [0.15, 0.2) is 42.0 Å². The summed E-state index contributed by atoms with van der Waals surface area (Å²) in [5.41, 5.74) is 21.0. The molecule has 0 amide bonds. The zero-order chi connectivity index (χ0) is 16.8. The van der Waals surface area contributed by atoms with Gasteiger partial charge in [0.2, 0.25) is 0 Å². The second-order valence-corrected chi connectivity index (χ2v) is 6.40. The second-order valence-electron chi connectivity index (χ2n) is 6.40. The van der Waals surface area contributed by atoms with Crippen LogP contribution in [0.5, 0.6) is 0 Å². The topological polar surface area (TPSA) is 116 Å². The molecule has 1 aliphatic carbocycles. The van der Waals surface area contributed by atoms with Crippen LogP contribution in [0.2, 0.25) is 0 Å². The highest BCUT2D eigenvalue weighted by molar-refractivity contribution is 6.02. The monoisotopic (exact) mass is 315 g/mol. The number of nitrogens with two attached hydrogens (primary N) is 4. The Bertz CT molecular complexity index is 537. The SMILES string of the molecule is C=CC1CCC(N)C(N)CCC1/C(=N\N)c1ccc(CN)cc1. The highest BCUT2D eigenvalue weighted by Gasteiger charge is 2.30. The van der Waals surface area contributed by atoms with E-state index in [1.54, 1.807) is 0 Å². The average molecular weight is 315 g/mol. The van der Waals surface area contributed by atoms with Crippen molar-refractivity contribution >= 4 is 5.71 Å². The number of benzene rings is 1. The van der Waals surface area contributed by atoms with Gasteiger partial charge >= 0.3 is 0 Å². The Morgan fingerprint density at radius 3 is 2.22 bits per heavy atom. The van der Waals surface area contributed by atoms with E-state index >= 15 is 0 Å². The Morgan fingerprint density at radius 1 is 1.09 bits per heavy atom. The molecule has 4 atom stereocenters. The van der Waals surface area contributed by atoms with Crippen molar-refractivity contribution in [2.75, 3.05) is 0 Å². The van der Waals surface area contributed by atoms with Gasteiger partial charge in [-0.25, -0.2) is 0 Å². The number of hydrogen-bond acceptors (Lipinski definition) is 5. The van der Waals surface area contributed by atoms with Gasteiger partial charge in [0.25, 0.3) is 0 Å². The van der Waals surface area contributed by atoms with Crippen LogP contribution in [0, 0.1) is 11.8 Å². The molecule has 0 radical (unpaired) electrons. The van der Waals surface area contributed by atoms with Crippen LogP contribution in [0.3, 0.4) is 0 Å². The predicted octanol–water partition coefficient (Wildman–Crippen LogP) is 1.46. The Hall–Kier alpha value is -1.69. The van der Waals surface area contributed by atoms with Crippen molar-refractivity contribution < 1.29 is 0 Å². The van der Waals surface area contributed by atoms with Gasteiger partial charge in [-0.05, 0) is 42.7 Å². The molecule has 1 aromatic rings. The van der Waals surface area contributed by atoms with E-state index in [2.05, 4.69) is 11.7 Å². The molecule has 5 nitrogen and oxygen atoms in total. The molecule has 1 aromatic carbocycles. The van der Waals surface area contributed by atoms with E-state index < -0.39 is 0 Å². The van der Waals surface area contributed by atoms with E-state index in [1.165, 1.54) is 0 Å². The standard InChI is InChI=1S/C18H29N5/c1-2-13-7-9-16(20)17(21)10-8-15(13)18(23-22)14-5-3-12(11-19)4-6-14/h2-6,13,15-17H,1,7-11,19-22H2/b23-18-. The molecule has 1 aliphatic rings. The fourth-order valence-electron chi connectivity index (χ4n) is 3.42. The zero-order valence-corrected chi connectivity index (χ0v) is 13.7. The van der Waals surface area contributed by atoms with E-state index in [0.717, 1.165) is 42.5 Å². The molecule has 1 fully saturated rings. The predicted molar refractivity (Wildman–Crippen MR) is 96.7 cm³/mol. The lowest BCUT2D eigenvalue weighted by Crippen LogP contribution is -2.44. The maximum absolute atomic E-state index is 6.18. The van der Waals surface area contributed by atoms with Gasteiger partial charge in [-0.15, -0.1) is 6.58 Å². The Balaban J connectivity index is 2.27. The normalized spacial score (nSPS) is 29.6. The van der Waals surface area contributed by atoms with Crippen molar-refractivity contribution in [2.45, 2.75) is 44.3 Å². The summed E-state index contributed by atoms with van der Waals surface area (Å²) in [6.45, 7) is 4.53. The summed E-state index contributed by atoms with van der Waals surface area (Å²) in [6, 6.07) is 8.21. The van der Waals surface area contributed by atoms with Gasteiger partial charge < -0.3 is 23.0 Å². The van der Waals surface area contributed by atoms with Crippen LogP contribution < -0.4 is 23.0 Å². The van der Waals surface area contributed by atoms with E-state index in [0.29, 0.717) is 12.5 Å². The van der Waals surface area contributed by atoms with Gasteiger partial charge in [0.1, 0.15) is 0 Å². The first-order chi connectivity index (χ1) is 11.1. The molecule has 126 valence electrons. The summed E-state index contributed by atoms with van der Waals surface area (Å²) in [4.78, 5) is 0. The number of rotatable bonds is 4. The van der Waals surface area contributed by atoms with Crippen LogP contribution in [0.1, 0.15) is 36.8 Å². The minimum Gasteiger partial charge on any atom is -0.326 e. The van der Waals surface area contributed by atoms with Crippen molar-refractivity contribution in [3.8, 4) is 0 Å². The number of nitrogens with zero attached hydrogens (tertiary/aromatic N) is 1. The highest BCUT2D eigenvalue weighted by Crippen LogP contribution is 2.31. The molecule has 0 heterocycles. The third-order valence-electron chi connectivity index (χ3n) is 4.99. The summed E-state index contributed by atoms with van der Waals surface area (Å²) >= 11 is 0. The molecule has 0 spiro atoms. The maximum Gasteiger partial charge on any atom is 0.0709 e. The third kappa shape index (κ3) is 4.19. The van der Waals surface area contributed by atoms with Crippen molar-refractivity contribution in [3.63, 3.8) is 0 Å². The quantitative estimate of drug-likeness (QED) is 0.291. The van der Waals surface area contributed by atoms with Crippen molar-refractivity contribution in [3.05, 3.63) is 48.0 Å². The van der Waals surface area contributed by atoms with Crippen LogP contribution in [0.4, 0.5) is 0 Å². The molecule has 0 saturated heterocycles. The van der Waals surface area contributed by atoms with Crippen molar-refractivity contribution in [1.29, 1.82) is 0 Å². The maximum atomic E-state index is 6.18. The smallest absolute Gasteiger partial charge is 0.0709 e. The molecule has 0 bridgehead atoms. The number of allylic oxidation sites excluding steroid dienone is 1. The fraction of sp³-hybridized carbons (Fsp3) is 0.500. The van der Waals surface area contributed by atoms with E-state index in [1.807, 2.05) is 30.3 Å². The molecule has 23 heavy (non-hydrogen) atoms. The van der Waals surface area contributed by atoms with E-state index in [4.69, 9.17) is 23.0 Å². The number of hydrazone groups is 1. The molecular weight excluding hydrogens is 286 g/mol. The fourth-order valence-corrected chi connectivity index (χ4v) is 3.42. The Morgan fingerprint density at radius 2 is 1.70 bits per heavy atom. The largest absolute Gasteiger partial charge is 0.326 e. The van der Waals surface area contributed by atoms with Crippen molar-refractivity contribution in [2.24, 2.45) is 40.0 Å². The highest BCUT2D eigenvalue weighted by atomic mass is 15.1. The van der Waals surface area contributed by atoms with Crippen LogP contribution in [0.25, 0.3) is 0 Å². The summed E-state index contributed by atoms with van der Waals surface area (Å²) in [5, 5.41) is 4.12. The first kappa shape index (κ1) is 17.7. The first-order valence-corrected chi connectivity index (χ1v) is 8.31. The lowest BCUT2D eigenvalue weighted by molar-refractivity contribution is 0.327. The molecule has 1 saturated carbocycles. The minimum absolute atomic E-state index is 0.0295. The molecule has 5 heteroatoms. The molecule has 4 unspecified atom stereocenters.